The molecule has 1 aromatic carbocycles. The van der Waals surface area contributed by atoms with Crippen molar-refractivity contribution in [3.63, 3.8) is 0 Å². The van der Waals surface area contributed by atoms with E-state index in [-0.39, 0.29) is 0 Å². The molecule has 0 saturated heterocycles. The van der Waals surface area contributed by atoms with Crippen LogP contribution in [-0.2, 0) is 9.59 Å². The van der Waals surface area contributed by atoms with Crippen LogP contribution in [-0.4, -0.2) is 30.6 Å². The maximum absolute atomic E-state index is 11.8. The third-order valence-corrected chi connectivity index (χ3v) is 3.68. The minimum absolute atomic E-state index is 0.418. The molecule has 2 N–H and O–H groups in total. The predicted molar refractivity (Wildman–Crippen MR) is 86.5 cm³/mol. The average molecular weight is 317 g/mol. The molecule has 0 radical (unpaired) electrons. The molecule has 0 aliphatic heterocycles. The standard InChI is InChI=1S/C17H19NO5/c1-9(5-16(19)18-8-17(20)21)12-6-13-10(2)11(3)23-15(13)7-14(12)22-4/h5-7H,8H2,1-4H3,(H,18,19)(H,20,21)/b9-5+. The van der Waals surface area contributed by atoms with Gasteiger partial charge >= 0.3 is 5.97 Å². The van der Waals surface area contributed by atoms with Crippen LogP contribution in [0.3, 0.4) is 0 Å². The van der Waals surface area contributed by atoms with E-state index in [0.717, 1.165) is 27.9 Å². The first-order valence-electron chi connectivity index (χ1n) is 7.09. The zero-order valence-corrected chi connectivity index (χ0v) is 13.5. The third kappa shape index (κ3) is 3.53. The van der Waals surface area contributed by atoms with Crippen LogP contribution in [0.2, 0.25) is 0 Å². The van der Waals surface area contributed by atoms with E-state index in [4.69, 9.17) is 14.3 Å². The van der Waals surface area contributed by atoms with Crippen molar-refractivity contribution in [2.24, 2.45) is 0 Å². The summed E-state index contributed by atoms with van der Waals surface area (Å²) in [6.45, 7) is 5.21. The number of nitrogens with one attached hydrogen (secondary N) is 1. The van der Waals surface area contributed by atoms with Gasteiger partial charge in [-0.2, -0.15) is 0 Å². The number of ether oxygens (including phenoxy) is 1. The number of furan rings is 1. The normalized spacial score (nSPS) is 11.6. The van der Waals surface area contributed by atoms with Gasteiger partial charge in [0.1, 0.15) is 23.6 Å². The fourth-order valence-corrected chi connectivity index (χ4v) is 2.33. The number of carbonyl (C=O) groups is 2. The highest BCUT2D eigenvalue weighted by atomic mass is 16.5. The monoisotopic (exact) mass is 317 g/mol. The van der Waals surface area contributed by atoms with Crippen LogP contribution >= 0.6 is 0 Å². The molecule has 0 saturated carbocycles. The first-order valence-corrected chi connectivity index (χ1v) is 7.09. The number of carboxylic acid groups (broad SMARTS) is 1. The van der Waals surface area contributed by atoms with E-state index in [1.54, 1.807) is 20.1 Å². The van der Waals surface area contributed by atoms with Gasteiger partial charge in [0.05, 0.1) is 7.11 Å². The number of methoxy groups -OCH3 is 1. The van der Waals surface area contributed by atoms with Gasteiger partial charge in [-0.25, -0.2) is 0 Å². The molecule has 0 aliphatic carbocycles. The molecule has 122 valence electrons. The van der Waals surface area contributed by atoms with Crippen LogP contribution in [0.15, 0.2) is 22.6 Å². The Balaban J connectivity index is 2.42. The number of fused-ring (bicyclic) bond motifs is 1. The lowest BCUT2D eigenvalue weighted by molar-refractivity contribution is -0.137. The Kier molecular flexibility index (Phi) is 4.74. The molecule has 0 fully saturated rings. The maximum atomic E-state index is 11.8. The van der Waals surface area contributed by atoms with Gasteiger partial charge in [0.2, 0.25) is 5.91 Å². The summed E-state index contributed by atoms with van der Waals surface area (Å²) < 4.78 is 11.1. The highest BCUT2D eigenvalue weighted by Gasteiger charge is 2.14. The first-order chi connectivity index (χ1) is 10.8. The molecule has 2 rings (SSSR count). The first kappa shape index (κ1) is 16.6. The van der Waals surface area contributed by atoms with Crippen molar-refractivity contribution in [3.05, 3.63) is 35.1 Å². The quantitative estimate of drug-likeness (QED) is 0.828. The molecule has 0 unspecified atom stereocenters. The van der Waals surface area contributed by atoms with Crippen molar-refractivity contribution in [1.29, 1.82) is 0 Å². The molecule has 0 atom stereocenters. The van der Waals surface area contributed by atoms with Gasteiger partial charge in [-0.3, -0.25) is 9.59 Å². The zero-order chi connectivity index (χ0) is 17.1. The van der Waals surface area contributed by atoms with Crippen molar-refractivity contribution >= 4 is 28.4 Å². The number of benzene rings is 1. The van der Waals surface area contributed by atoms with Crippen molar-refractivity contribution in [2.75, 3.05) is 13.7 Å². The Bertz CT molecular complexity index is 801. The maximum Gasteiger partial charge on any atom is 0.322 e. The fraction of sp³-hybridized carbons (Fsp3) is 0.294. The highest BCUT2D eigenvalue weighted by Crippen LogP contribution is 2.34. The van der Waals surface area contributed by atoms with Crippen LogP contribution in [0.5, 0.6) is 5.75 Å². The number of rotatable bonds is 5. The second-order valence-electron chi connectivity index (χ2n) is 5.27. The molecule has 1 aromatic heterocycles. The summed E-state index contributed by atoms with van der Waals surface area (Å²) in [6.07, 6.45) is 1.36. The SMILES string of the molecule is COc1cc2oc(C)c(C)c2cc1/C(C)=C/C(=O)NCC(=O)O. The Morgan fingerprint density at radius 1 is 1.35 bits per heavy atom. The number of allylic oxidation sites excluding steroid dienone is 1. The topological polar surface area (TPSA) is 88.8 Å². The second-order valence-corrected chi connectivity index (χ2v) is 5.27. The van der Waals surface area contributed by atoms with Crippen LogP contribution in [0, 0.1) is 13.8 Å². The minimum Gasteiger partial charge on any atom is -0.496 e. The summed E-state index contributed by atoms with van der Waals surface area (Å²) in [6, 6.07) is 3.70. The number of hydrogen-bond acceptors (Lipinski definition) is 4. The molecular formula is C17H19NO5. The predicted octanol–water partition coefficient (Wildman–Crippen LogP) is 2.66. The van der Waals surface area contributed by atoms with E-state index in [0.29, 0.717) is 11.3 Å². The van der Waals surface area contributed by atoms with Gasteiger partial charge in [0, 0.05) is 23.1 Å². The van der Waals surface area contributed by atoms with Gasteiger partial charge in [-0.15, -0.1) is 0 Å². The van der Waals surface area contributed by atoms with Crippen molar-refractivity contribution in [1.82, 2.24) is 5.32 Å². The molecule has 0 aliphatic rings. The molecule has 0 spiro atoms. The third-order valence-electron chi connectivity index (χ3n) is 3.68. The Morgan fingerprint density at radius 2 is 2.04 bits per heavy atom. The fourth-order valence-electron chi connectivity index (χ4n) is 2.33. The molecule has 0 bridgehead atoms. The highest BCUT2D eigenvalue weighted by molar-refractivity contribution is 5.98. The zero-order valence-electron chi connectivity index (χ0n) is 13.5. The van der Waals surface area contributed by atoms with Crippen molar-refractivity contribution < 1.29 is 23.8 Å². The Hall–Kier alpha value is -2.76. The lowest BCUT2D eigenvalue weighted by Crippen LogP contribution is -2.27. The van der Waals surface area contributed by atoms with Crippen molar-refractivity contribution in [3.8, 4) is 5.75 Å². The van der Waals surface area contributed by atoms with Crippen LogP contribution in [0.25, 0.3) is 16.5 Å². The largest absolute Gasteiger partial charge is 0.496 e. The molecule has 6 heteroatoms. The Morgan fingerprint density at radius 3 is 2.65 bits per heavy atom. The Labute approximate surface area is 133 Å². The van der Waals surface area contributed by atoms with E-state index in [2.05, 4.69) is 5.32 Å². The number of carbonyl (C=O) groups excluding carboxylic acids is 1. The molecule has 2 aromatic rings. The minimum atomic E-state index is -1.09. The lowest BCUT2D eigenvalue weighted by Gasteiger charge is -2.09. The molecule has 1 amide bonds. The van der Waals surface area contributed by atoms with E-state index in [1.165, 1.54) is 6.08 Å². The molecule has 6 nitrogen and oxygen atoms in total. The summed E-state index contributed by atoms with van der Waals surface area (Å²) in [7, 11) is 1.55. The van der Waals surface area contributed by atoms with Gasteiger partial charge in [0.15, 0.2) is 0 Å². The second kappa shape index (κ2) is 6.56. The van der Waals surface area contributed by atoms with Crippen LogP contribution in [0.4, 0.5) is 0 Å². The lowest BCUT2D eigenvalue weighted by atomic mass is 10.0. The summed E-state index contributed by atoms with van der Waals surface area (Å²) in [5, 5.41) is 11.8. The summed E-state index contributed by atoms with van der Waals surface area (Å²) in [4.78, 5) is 22.2. The number of aliphatic carboxylic acids is 1. The average Bonchev–Trinajstić information content (AvgIpc) is 2.78. The van der Waals surface area contributed by atoms with Crippen molar-refractivity contribution in [2.45, 2.75) is 20.8 Å². The summed E-state index contributed by atoms with van der Waals surface area (Å²) in [5.41, 5.74) is 3.19. The van der Waals surface area contributed by atoms with Gasteiger partial charge in [-0.1, -0.05) is 0 Å². The summed E-state index contributed by atoms with van der Waals surface area (Å²) in [5.74, 6) is -0.133. The van der Waals surface area contributed by atoms with Crippen LogP contribution in [0.1, 0.15) is 23.8 Å². The van der Waals surface area contributed by atoms with E-state index in [9.17, 15) is 9.59 Å². The van der Waals surface area contributed by atoms with Gasteiger partial charge < -0.3 is 19.6 Å². The molecule has 23 heavy (non-hydrogen) atoms. The van der Waals surface area contributed by atoms with E-state index >= 15 is 0 Å². The number of carboxylic acids is 1. The van der Waals surface area contributed by atoms with Gasteiger partial charge in [-0.05, 0) is 38.0 Å². The molecule has 1 heterocycles. The molecular weight excluding hydrogens is 298 g/mol. The smallest absolute Gasteiger partial charge is 0.322 e. The van der Waals surface area contributed by atoms with E-state index < -0.39 is 18.4 Å². The van der Waals surface area contributed by atoms with Crippen LogP contribution < -0.4 is 10.1 Å². The summed E-state index contributed by atoms with van der Waals surface area (Å²) >= 11 is 0. The van der Waals surface area contributed by atoms with E-state index in [1.807, 2.05) is 19.9 Å². The number of amides is 1. The number of hydrogen-bond donors (Lipinski definition) is 2. The number of aryl methyl sites for hydroxylation is 2. The van der Waals surface area contributed by atoms with Gasteiger partial charge in [0.25, 0.3) is 0 Å².